The van der Waals surface area contributed by atoms with E-state index in [1.54, 1.807) is 0 Å². The average Bonchev–Trinajstić information content (AvgIpc) is 3.41. The molecule has 0 spiro atoms. The normalized spacial score (nSPS) is 17.4. The molecular formula is C37H28N2O2. The van der Waals surface area contributed by atoms with E-state index in [0.29, 0.717) is 0 Å². The molecule has 3 heterocycles. The highest BCUT2D eigenvalue weighted by molar-refractivity contribution is 6.07. The van der Waals surface area contributed by atoms with Gasteiger partial charge in [0.2, 0.25) is 0 Å². The van der Waals surface area contributed by atoms with Crippen molar-refractivity contribution in [3.8, 4) is 28.4 Å². The molecule has 0 saturated carbocycles. The molecule has 1 aliphatic carbocycles. The molecule has 0 saturated heterocycles. The molecule has 2 aliphatic rings. The van der Waals surface area contributed by atoms with E-state index in [9.17, 15) is 0 Å². The summed E-state index contributed by atoms with van der Waals surface area (Å²) in [4.78, 5) is 10.1. The van der Waals surface area contributed by atoms with Crippen LogP contribution in [0.3, 0.4) is 0 Å². The Labute approximate surface area is 238 Å². The number of benzene rings is 4. The summed E-state index contributed by atoms with van der Waals surface area (Å²) < 4.78 is 13.1. The highest BCUT2D eigenvalue weighted by atomic mass is 16.5. The van der Waals surface area contributed by atoms with Gasteiger partial charge in [0.25, 0.3) is 0 Å². The molecule has 8 rings (SSSR count). The summed E-state index contributed by atoms with van der Waals surface area (Å²) in [6.45, 7) is 4.54. The van der Waals surface area contributed by atoms with Crippen LogP contribution in [0.5, 0.6) is 5.75 Å². The van der Waals surface area contributed by atoms with Crippen molar-refractivity contribution >= 4 is 21.9 Å². The fourth-order valence-corrected chi connectivity index (χ4v) is 6.29. The van der Waals surface area contributed by atoms with Crippen molar-refractivity contribution in [2.75, 3.05) is 0 Å². The fourth-order valence-electron chi connectivity index (χ4n) is 6.29. The Kier molecular flexibility index (Phi) is 5.26. The lowest BCUT2D eigenvalue weighted by atomic mass is 9.71. The third kappa shape index (κ3) is 3.82. The lowest BCUT2D eigenvalue weighted by Crippen LogP contribution is -2.30. The first-order valence-corrected chi connectivity index (χ1v) is 14.1. The van der Waals surface area contributed by atoms with Gasteiger partial charge in [-0.25, -0.2) is 9.97 Å². The molecule has 6 aromatic rings. The first-order valence-electron chi connectivity index (χ1n) is 14.1. The SMILES string of the molecule is CC1(C)C2=CCC(c3cc(-c4ccccc4)nc(-c4ccccc4)n3)C=C2Oc2c1ccc1c2oc2ccccc21. The topological polar surface area (TPSA) is 48.2 Å². The van der Waals surface area contributed by atoms with E-state index in [-0.39, 0.29) is 11.3 Å². The number of para-hydroxylation sites is 1. The van der Waals surface area contributed by atoms with E-state index < -0.39 is 0 Å². The van der Waals surface area contributed by atoms with Gasteiger partial charge in [-0.05, 0) is 30.7 Å². The minimum atomic E-state index is -0.229. The summed E-state index contributed by atoms with van der Waals surface area (Å²) in [5.41, 5.74) is 7.77. The monoisotopic (exact) mass is 532 g/mol. The van der Waals surface area contributed by atoms with Crippen LogP contribution in [0, 0.1) is 0 Å². The molecule has 0 amide bonds. The summed E-state index contributed by atoms with van der Waals surface area (Å²) in [7, 11) is 0. The van der Waals surface area contributed by atoms with Crippen molar-refractivity contribution in [2.24, 2.45) is 0 Å². The van der Waals surface area contributed by atoms with Crippen LogP contribution in [0.2, 0.25) is 0 Å². The largest absolute Gasteiger partial charge is 0.453 e. The van der Waals surface area contributed by atoms with Crippen molar-refractivity contribution in [2.45, 2.75) is 31.6 Å². The van der Waals surface area contributed by atoms with Gasteiger partial charge in [-0.2, -0.15) is 0 Å². The number of fused-ring (bicyclic) bond motifs is 6. The van der Waals surface area contributed by atoms with E-state index in [1.807, 2.05) is 54.6 Å². The third-order valence-corrected chi connectivity index (χ3v) is 8.48. The molecule has 1 atom stereocenters. The number of hydrogen-bond acceptors (Lipinski definition) is 4. The molecule has 1 aliphatic heterocycles. The van der Waals surface area contributed by atoms with E-state index in [1.165, 1.54) is 5.57 Å². The average molecular weight is 533 g/mol. The van der Waals surface area contributed by atoms with Crippen molar-refractivity contribution in [3.63, 3.8) is 0 Å². The van der Waals surface area contributed by atoms with Gasteiger partial charge in [-0.3, -0.25) is 0 Å². The fraction of sp³-hybridized carbons (Fsp3) is 0.135. The summed E-state index contributed by atoms with van der Waals surface area (Å²) in [6.07, 6.45) is 5.42. The Morgan fingerprint density at radius 3 is 2.29 bits per heavy atom. The summed E-state index contributed by atoms with van der Waals surface area (Å²) >= 11 is 0. The van der Waals surface area contributed by atoms with Gasteiger partial charge in [-0.1, -0.05) is 105 Å². The molecule has 0 bridgehead atoms. The van der Waals surface area contributed by atoms with Crippen LogP contribution in [-0.4, -0.2) is 9.97 Å². The van der Waals surface area contributed by atoms with Gasteiger partial charge in [0.05, 0.1) is 11.4 Å². The molecule has 4 nitrogen and oxygen atoms in total. The zero-order valence-corrected chi connectivity index (χ0v) is 23.0. The van der Waals surface area contributed by atoms with Crippen LogP contribution < -0.4 is 4.74 Å². The van der Waals surface area contributed by atoms with Crippen LogP contribution in [-0.2, 0) is 5.41 Å². The Morgan fingerprint density at radius 2 is 1.49 bits per heavy atom. The highest BCUT2D eigenvalue weighted by Crippen LogP contribution is 2.52. The molecule has 4 aromatic carbocycles. The number of furan rings is 1. The quantitative estimate of drug-likeness (QED) is 0.228. The van der Waals surface area contributed by atoms with E-state index in [4.69, 9.17) is 19.1 Å². The van der Waals surface area contributed by atoms with Gasteiger partial charge >= 0.3 is 0 Å². The van der Waals surface area contributed by atoms with Gasteiger partial charge in [-0.15, -0.1) is 0 Å². The molecule has 1 unspecified atom stereocenters. The van der Waals surface area contributed by atoms with Crippen LogP contribution in [0.15, 0.2) is 131 Å². The van der Waals surface area contributed by atoms with Crippen molar-refractivity contribution in [1.29, 1.82) is 0 Å². The first-order chi connectivity index (χ1) is 20.1. The van der Waals surface area contributed by atoms with Crippen LogP contribution in [0.25, 0.3) is 44.6 Å². The maximum absolute atomic E-state index is 6.75. The molecule has 4 heteroatoms. The van der Waals surface area contributed by atoms with Crippen molar-refractivity contribution < 1.29 is 9.15 Å². The lowest BCUT2D eigenvalue weighted by Gasteiger charge is -2.38. The van der Waals surface area contributed by atoms with Crippen molar-refractivity contribution in [3.05, 3.63) is 138 Å². The Bertz CT molecular complexity index is 1960. The predicted molar refractivity (Wildman–Crippen MR) is 164 cm³/mol. The number of nitrogens with zero attached hydrogens (tertiary/aromatic N) is 2. The molecule has 0 radical (unpaired) electrons. The molecule has 41 heavy (non-hydrogen) atoms. The highest BCUT2D eigenvalue weighted by Gasteiger charge is 2.40. The second-order valence-corrected chi connectivity index (χ2v) is 11.4. The van der Waals surface area contributed by atoms with Gasteiger partial charge in [0, 0.05) is 44.4 Å². The van der Waals surface area contributed by atoms with Crippen LogP contribution >= 0.6 is 0 Å². The maximum Gasteiger partial charge on any atom is 0.178 e. The van der Waals surface area contributed by atoms with Crippen LogP contribution in [0.4, 0.5) is 0 Å². The Hall–Kier alpha value is -4.96. The van der Waals surface area contributed by atoms with Gasteiger partial charge in [0.15, 0.2) is 17.2 Å². The predicted octanol–water partition coefficient (Wildman–Crippen LogP) is 9.38. The van der Waals surface area contributed by atoms with Crippen LogP contribution in [0.1, 0.15) is 37.4 Å². The second-order valence-electron chi connectivity index (χ2n) is 11.4. The van der Waals surface area contributed by atoms with E-state index in [0.717, 1.165) is 73.8 Å². The smallest absolute Gasteiger partial charge is 0.178 e. The molecule has 2 aromatic heterocycles. The molecular weight excluding hydrogens is 504 g/mol. The number of hydrogen-bond donors (Lipinski definition) is 0. The molecule has 0 fully saturated rings. The minimum Gasteiger partial charge on any atom is -0.453 e. The third-order valence-electron chi connectivity index (χ3n) is 8.48. The first kappa shape index (κ1) is 23.9. The standard InChI is InChI=1S/C37H28N2O2/c1-37(2)28-19-17-25(21-33(28)41-35-29(37)20-18-27-26-15-9-10-16-32(26)40-34(27)35)31-22-30(23-11-5-3-6-12-23)38-36(39-31)24-13-7-4-8-14-24/h3-16,18-22,25H,17H2,1-2H3. The van der Waals surface area contributed by atoms with E-state index >= 15 is 0 Å². The summed E-state index contributed by atoms with van der Waals surface area (Å²) in [5, 5.41) is 2.18. The summed E-state index contributed by atoms with van der Waals surface area (Å²) in [5.74, 6) is 2.47. The Balaban J connectivity index is 1.26. The number of aromatic nitrogens is 2. The number of ether oxygens (including phenoxy) is 1. The Morgan fingerprint density at radius 1 is 0.756 bits per heavy atom. The van der Waals surface area contributed by atoms with E-state index in [2.05, 4.69) is 74.5 Å². The molecule has 0 N–H and O–H groups in total. The van der Waals surface area contributed by atoms with Gasteiger partial charge in [0.1, 0.15) is 11.3 Å². The summed E-state index contributed by atoms with van der Waals surface area (Å²) in [6, 6.07) is 35.2. The molecule has 198 valence electrons. The van der Waals surface area contributed by atoms with Crippen molar-refractivity contribution in [1.82, 2.24) is 9.97 Å². The van der Waals surface area contributed by atoms with Gasteiger partial charge < -0.3 is 9.15 Å². The minimum absolute atomic E-state index is 0.0499. The zero-order valence-electron chi connectivity index (χ0n) is 23.0. The second kappa shape index (κ2) is 9.03. The number of allylic oxidation sites excluding steroid dienone is 3. The lowest BCUT2D eigenvalue weighted by molar-refractivity contribution is 0.362. The number of rotatable bonds is 3. The maximum atomic E-state index is 6.75. The zero-order chi connectivity index (χ0) is 27.6.